The molecule has 6 heteroatoms. The maximum absolute atomic E-state index is 12.5. The SMILES string of the molecule is CCOC(=O)c1cc2c([nH]1)C(=O)CSC1=C2CCN1Cc1ccccc1. The molecule has 0 fully saturated rings. The molecule has 1 aromatic carbocycles. The number of fused-ring (bicyclic) bond motifs is 2. The number of ketones is 1. The first-order valence-electron chi connectivity index (χ1n) is 8.76. The number of hydrogen-bond donors (Lipinski definition) is 1. The molecule has 0 saturated heterocycles. The molecular weight excluding hydrogens is 348 g/mol. The molecule has 5 nitrogen and oxygen atoms in total. The third kappa shape index (κ3) is 3.05. The van der Waals surface area contributed by atoms with Crippen molar-refractivity contribution in [3.8, 4) is 0 Å². The van der Waals surface area contributed by atoms with Crippen molar-refractivity contribution in [3.05, 3.63) is 63.9 Å². The van der Waals surface area contributed by atoms with Crippen LogP contribution in [0.2, 0.25) is 0 Å². The summed E-state index contributed by atoms with van der Waals surface area (Å²) < 4.78 is 5.07. The van der Waals surface area contributed by atoms with Gasteiger partial charge in [0.25, 0.3) is 0 Å². The highest BCUT2D eigenvalue weighted by molar-refractivity contribution is 8.03. The van der Waals surface area contributed by atoms with Crippen molar-refractivity contribution in [2.45, 2.75) is 19.9 Å². The number of Topliss-reactive ketones (excluding diaryl/α,β-unsaturated/α-hetero) is 1. The molecule has 2 aromatic rings. The number of H-pyrrole nitrogens is 1. The quantitative estimate of drug-likeness (QED) is 0.834. The largest absolute Gasteiger partial charge is 0.461 e. The lowest BCUT2D eigenvalue weighted by atomic mass is 10.0. The highest BCUT2D eigenvalue weighted by Gasteiger charge is 2.32. The second-order valence-corrected chi connectivity index (χ2v) is 7.31. The minimum Gasteiger partial charge on any atom is -0.461 e. The number of ether oxygens (including phenoxy) is 1. The molecular formula is C20H20N2O3S. The monoisotopic (exact) mass is 368 g/mol. The van der Waals surface area contributed by atoms with Gasteiger partial charge in [-0.05, 0) is 30.5 Å². The number of rotatable bonds is 4. The zero-order chi connectivity index (χ0) is 18.1. The molecule has 134 valence electrons. The van der Waals surface area contributed by atoms with Gasteiger partial charge in [0.1, 0.15) is 5.69 Å². The first-order valence-corrected chi connectivity index (χ1v) is 9.74. The molecule has 0 atom stereocenters. The number of carbonyl (C=O) groups is 2. The summed E-state index contributed by atoms with van der Waals surface area (Å²) in [5.74, 6) is -0.0168. The molecule has 0 aliphatic carbocycles. The Hall–Kier alpha value is -2.47. The van der Waals surface area contributed by atoms with Gasteiger partial charge in [0.15, 0.2) is 5.78 Å². The van der Waals surface area contributed by atoms with Gasteiger partial charge in [-0.3, -0.25) is 4.79 Å². The number of esters is 1. The van der Waals surface area contributed by atoms with E-state index in [2.05, 4.69) is 22.0 Å². The van der Waals surface area contributed by atoms with Crippen molar-refractivity contribution in [2.24, 2.45) is 0 Å². The summed E-state index contributed by atoms with van der Waals surface area (Å²) in [6, 6.07) is 12.1. The standard InChI is InChI=1S/C20H20N2O3S/c1-2-25-20(24)16-10-15-14-8-9-22(11-13-6-4-3-5-7-13)19(14)26-12-17(23)18(15)21-16/h3-7,10,21H,2,8-9,11-12H2,1H3. The molecule has 1 N–H and O–H groups in total. The van der Waals surface area contributed by atoms with E-state index in [0.29, 0.717) is 23.7 Å². The maximum Gasteiger partial charge on any atom is 0.354 e. The van der Waals surface area contributed by atoms with E-state index in [1.807, 2.05) is 18.2 Å². The topological polar surface area (TPSA) is 62.4 Å². The minimum atomic E-state index is -0.415. The van der Waals surface area contributed by atoms with E-state index in [1.54, 1.807) is 24.8 Å². The number of hydrogen-bond acceptors (Lipinski definition) is 5. The van der Waals surface area contributed by atoms with Gasteiger partial charge < -0.3 is 14.6 Å². The zero-order valence-electron chi connectivity index (χ0n) is 14.6. The number of thioether (sulfide) groups is 1. The first-order chi connectivity index (χ1) is 12.7. The fraction of sp³-hybridized carbons (Fsp3) is 0.300. The number of aromatic amines is 1. The Labute approximate surface area is 156 Å². The number of carbonyl (C=O) groups excluding carboxylic acids is 2. The van der Waals surface area contributed by atoms with Crippen molar-refractivity contribution in [3.63, 3.8) is 0 Å². The fourth-order valence-electron chi connectivity index (χ4n) is 3.47. The molecule has 0 bridgehead atoms. The van der Waals surface area contributed by atoms with Gasteiger partial charge in [-0.1, -0.05) is 42.1 Å². The predicted molar refractivity (Wildman–Crippen MR) is 102 cm³/mol. The van der Waals surface area contributed by atoms with Crippen LogP contribution in [-0.4, -0.2) is 40.5 Å². The smallest absolute Gasteiger partial charge is 0.354 e. The summed E-state index contributed by atoms with van der Waals surface area (Å²) in [5.41, 5.74) is 4.14. The van der Waals surface area contributed by atoms with Crippen molar-refractivity contribution in [1.82, 2.24) is 9.88 Å². The Morgan fingerprint density at radius 3 is 2.88 bits per heavy atom. The molecule has 2 aliphatic heterocycles. The van der Waals surface area contributed by atoms with Crippen LogP contribution in [0.25, 0.3) is 5.57 Å². The first kappa shape index (κ1) is 17.0. The Kier molecular flexibility index (Phi) is 4.59. The van der Waals surface area contributed by atoms with Crippen LogP contribution in [0.15, 0.2) is 41.4 Å². The zero-order valence-corrected chi connectivity index (χ0v) is 15.4. The lowest BCUT2D eigenvalue weighted by molar-refractivity contribution is 0.0520. The van der Waals surface area contributed by atoms with Crippen molar-refractivity contribution in [2.75, 3.05) is 18.9 Å². The molecule has 2 aliphatic rings. The molecule has 0 saturated carbocycles. The van der Waals surface area contributed by atoms with Crippen LogP contribution in [0, 0.1) is 0 Å². The van der Waals surface area contributed by atoms with Crippen LogP contribution < -0.4 is 0 Å². The summed E-state index contributed by atoms with van der Waals surface area (Å²) in [5, 5.41) is 1.15. The number of benzene rings is 1. The van der Waals surface area contributed by atoms with Crippen LogP contribution in [0.4, 0.5) is 0 Å². The van der Waals surface area contributed by atoms with Crippen LogP contribution >= 0.6 is 11.8 Å². The molecule has 0 amide bonds. The number of nitrogens with one attached hydrogen (secondary N) is 1. The van der Waals surface area contributed by atoms with Gasteiger partial charge in [-0.15, -0.1) is 0 Å². The van der Waals surface area contributed by atoms with Crippen molar-refractivity contribution < 1.29 is 14.3 Å². The molecule has 4 rings (SSSR count). The van der Waals surface area contributed by atoms with Gasteiger partial charge >= 0.3 is 5.97 Å². The summed E-state index contributed by atoms with van der Waals surface area (Å²) in [4.78, 5) is 29.9. The molecule has 0 spiro atoms. The molecule has 26 heavy (non-hydrogen) atoms. The number of nitrogens with zero attached hydrogens (tertiary/aromatic N) is 1. The molecule has 0 radical (unpaired) electrons. The minimum absolute atomic E-state index is 0.0228. The lowest BCUT2D eigenvalue weighted by Crippen LogP contribution is -2.18. The Morgan fingerprint density at radius 2 is 2.12 bits per heavy atom. The Balaban J connectivity index is 1.68. The summed E-state index contributed by atoms with van der Waals surface area (Å²) >= 11 is 1.60. The van der Waals surface area contributed by atoms with E-state index in [-0.39, 0.29) is 5.78 Å². The van der Waals surface area contributed by atoms with Crippen molar-refractivity contribution in [1.29, 1.82) is 0 Å². The fourth-order valence-corrected chi connectivity index (χ4v) is 4.60. The van der Waals surface area contributed by atoms with Crippen LogP contribution in [0.5, 0.6) is 0 Å². The second kappa shape index (κ2) is 7.03. The highest BCUT2D eigenvalue weighted by Crippen LogP contribution is 2.42. The molecule has 0 unspecified atom stereocenters. The van der Waals surface area contributed by atoms with E-state index in [1.165, 1.54) is 5.56 Å². The van der Waals surface area contributed by atoms with Gasteiger partial charge in [0, 0.05) is 18.7 Å². The van der Waals surface area contributed by atoms with Crippen LogP contribution in [0.3, 0.4) is 0 Å². The van der Waals surface area contributed by atoms with Gasteiger partial charge in [-0.2, -0.15) is 0 Å². The van der Waals surface area contributed by atoms with E-state index in [0.717, 1.165) is 35.7 Å². The molecule has 3 heterocycles. The Bertz CT molecular complexity index is 886. The van der Waals surface area contributed by atoms with Gasteiger partial charge in [0.2, 0.25) is 0 Å². The third-order valence-corrected chi connectivity index (χ3v) is 5.83. The summed E-state index contributed by atoms with van der Waals surface area (Å²) in [6.45, 7) is 3.82. The van der Waals surface area contributed by atoms with Crippen LogP contribution in [-0.2, 0) is 11.3 Å². The molecule has 1 aromatic heterocycles. The Morgan fingerprint density at radius 1 is 1.31 bits per heavy atom. The predicted octanol–water partition coefficient (Wildman–Crippen LogP) is 3.70. The van der Waals surface area contributed by atoms with Gasteiger partial charge in [-0.25, -0.2) is 4.79 Å². The normalized spacial score (nSPS) is 16.3. The lowest BCUT2D eigenvalue weighted by Gasteiger charge is -2.21. The maximum atomic E-state index is 12.5. The van der Waals surface area contributed by atoms with Gasteiger partial charge in [0.05, 0.1) is 23.1 Å². The third-order valence-electron chi connectivity index (χ3n) is 4.65. The second-order valence-electron chi connectivity index (χ2n) is 6.34. The summed E-state index contributed by atoms with van der Waals surface area (Å²) in [6.07, 6.45) is 0.871. The van der Waals surface area contributed by atoms with E-state index < -0.39 is 5.97 Å². The van der Waals surface area contributed by atoms with Crippen LogP contribution in [0.1, 0.15) is 45.4 Å². The van der Waals surface area contributed by atoms with Crippen molar-refractivity contribution >= 4 is 29.1 Å². The van der Waals surface area contributed by atoms with E-state index >= 15 is 0 Å². The average molecular weight is 368 g/mol. The number of aromatic nitrogens is 1. The highest BCUT2D eigenvalue weighted by atomic mass is 32.2. The summed E-state index contributed by atoms with van der Waals surface area (Å²) in [7, 11) is 0. The van der Waals surface area contributed by atoms with E-state index in [9.17, 15) is 9.59 Å². The van der Waals surface area contributed by atoms with E-state index in [4.69, 9.17) is 4.74 Å². The average Bonchev–Trinajstić information content (AvgIpc) is 3.22.